The summed E-state index contributed by atoms with van der Waals surface area (Å²) < 4.78 is 1.94. The number of aromatic nitrogens is 2. The van der Waals surface area contributed by atoms with E-state index >= 15 is 0 Å². The number of nitrogens with zero attached hydrogens (tertiary/aromatic N) is 2. The number of nitrogens with one attached hydrogen (secondary N) is 1. The summed E-state index contributed by atoms with van der Waals surface area (Å²) >= 11 is 1.90. The molecule has 1 aromatic carbocycles. The van der Waals surface area contributed by atoms with E-state index in [9.17, 15) is 0 Å². The van der Waals surface area contributed by atoms with Crippen molar-refractivity contribution >= 4 is 11.8 Å². The molecule has 1 heterocycles. The molecule has 19 heavy (non-hydrogen) atoms. The van der Waals surface area contributed by atoms with Crippen LogP contribution in [0, 0.1) is 0 Å². The fourth-order valence-electron chi connectivity index (χ4n) is 1.93. The molecule has 0 aliphatic rings. The van der Waals surface area contributed by atoms with E-state index in [1.165, 1.54) is 6.42 Å². The molecule has 4 nitrogen and oxygen atoms in total. The van der Waals surface area contributed by atoms with E-state index in [0.717, 1.165) is 22.9 Å². The van der Waals surface area contributed by atoms with Gasteiger partial charge in [-0.25, -0.2) is 4.68 Å². The minimum Gasteiger partial charge on any atom is -0.271 e. The highest BCUT2D eigenvalue weighted by atomic mass is 32.2. The lowest BCUT2D eigenvalue weighted by atomic mass is 10.2. The summed E-state index contributed by atoms with van der Waals surface area (Å²) in [6.07, 6.45) is 3.00. The summed E-state index contributed by atoms with van der Waals surface area (Å²) in [4.78, 5) is 0. The van der Waals surface area contributed by atoms with Gasteiger partial charge in [-0.3, -0.25) is 11.3 Å². The Bertz CT molecular complexity index is 483. The van der Waals surface area contributed by atoms with Crippen LogP contribution in [-0.4, -0.2) is 21.3 Å². The van der Waals surface area contributed by atoms with E-state index in [1.54, 1.807) is 0 Å². The monoisotopic (exact) mass is 276 g/mol. The third-order valence-corrected chi connectivity index (χ3v) is 4.13. The first kappa shape index (κ1) is 14.1. The van der Waals surface area contributed by atoms with Gasteiger partial charge in [0.25, 0.3) is 0 Å². The second kappa shape index (κ2) is 7.33. The summed E-state index contributed by atoms with van der Waals surface area (Å²) in [5, 5.41) is 4.40. The largest absolute Gasteiger partial charge is 0.271 e. The Balaban J connectivity index is 2.18. The van der Waals surface area contributed by atoms with Crippen molar-refractivity contribution in [3.63, 3.8) is 0 Å². The quantitative estimate of drug-likeness (QED) is 0.463. The molecule has 1 aromatic heterocycles. The highest BCUT2D eigenvalue weighted by Crippen LogP contribution is 2.20. The third kappa shape index (κ3) is 3.59. The summed E-state index contributed by atoms with van der Waals surface area (Å²) in [5.74, 6) is 7.79. The van der Waals surface area contributed by atoms with Crippen LogP contribution in [0.5, 0.6) is 0 Å². The number of hydrogen-bond acceptors (Lipinski definition) is 4. The zero-order valence-electron chi connectivity index (χ0n) is 11.1. The van der Waals surface area contributed by atoms with Gasteiger partial charge in [0, 0.05) is 11.9 Å². The first-order chi connectivity index (χ1) is 9.36. The molecule has 0 spiro atoms. The van der Waals surface area contributed by atoms with Crippen molar-refractivity contribution in [3.8, 4) is 5.69 Å². The van der Waals surface area contributed by atoms with Crippen molar-refractivity contribution in [2.45, 2.75) is 19.4 Å². The molecule has 0 radical (unpaired) electrons. The fourth-order valence-corrected chi connectivity index (χ4v) is 2.88. The van der Waals surface area contributed by atoms with E-state index in [0.29, 0.717) is 0 Å². The maximum Gasteiger partial charge on any atom is 0.0723 e. The lowest BCUT2D eigenvalue weighted by Crippen LogP contribution is -2.31. The molecular formula is C14H20N4S. The Morgan fingerprint density at radius 3 is 2.79 bits per heavy atom. The molecule has 1 atom stereocenters. The zero-order valence-corrected chi connectivity index (χ0v) is 11.9. The van der Waals surface area contributed by atoms with Gasteiger partial charge in [-0.2, -0.15) is 16.9 Å². The van der Waals surface area contributed by atoms with Crippen LogP contribution in [0.4, 0.5) is 0 Å². The lowest BCUT2D eigenvalue weighted by molar-refractivity contribution is 0.574. The fraction of sp³-hybridized carbons (Fsp3) is 0.357. The number of nitrogens with two attached hydrogens (primary N) is 1. The maximum atomic E-state index is 5.69. The van der Waals surface area contributed by atoms with Gasteiger partial charge in [0.1, 0.15) is 0 Å². The van der Waals surface area contributed by atoms with Crippen LogP contribution >= 0.6 is 11.8 Å². The van der Waals surface area contributed by atoms with E-state index < -0.39 is 0 Å². The van der Waals surface area contributed by atoms with Gasteiger partial charge in [-0.1, -0.05) is 25.1 Å². The van der Waals surface area contributed by atoms with Gasteiger partial charge in [0.2, 0.25) is 0 Å². The molecule has 2 aromatic rings. The summed E-state index contributed by atoms with van der Waals surface area (Å²) in [7, 11) is 0. The van der Waals surface area contributed by atoms with Gasteiger partial charge in [0.05, 0.1) is 17.4 Å². The molecular weight excluding hydrogens is 256 g/mol. The maximum absolute atomic E-state index is 5.69. The number of rotatable bonds is 7. The second-order valence-corrected chi connectivity index (χ2v) is 5.45. The number of hydrogen-bond donors (Lipinski definition) is 2. The molecule has 3 N–H and O–H groups in total. The zero-order chi connectivity index (χ0) is 13.5. The molecule has 0 bridgehead atoms. The molecule has 0 aliphatic carbocycles. The van der Waals surface area contributed by atoms with Crippen LogP contribution < -0.4 is 11.3 Å². The van der Waals surface area contributed by atoms with Crippen molar-refractivity contribution in [1.29, 1.82) is 0 Å². The average Bonchev–Trinajstić information content (AvgIpc) is 2.94. The van der Waals surface area contributed by atoms with Crippen molar-refractivity contribution < 1.29 is 0 Å². The van der Waals surface area contributed by atoms with E-state index in [-0.39, 0.29) is 6.04 Å². The predicted molar refractivity (Wildman–Crippen MR) is 81.2 cm³/mol. The van der Waals surface area contributed by atoms with Crippen LogP contribution in [0.2, 0.25) is 0 Å². The molecule has 1 unspecified atom stereocenters. The molecule has 102 valence electrons. The Hall–Kier alpha value is -1.30. The highest BCUT2D eigenvalue weighted by molar-refractivity contribution is 7.99. The van der Waals surface area contributed by atoms with Gasteiger partial charge < -0.3 is 0 Å². The molecule has 0 fully saturated rings. The smallest absolute Gasteiger partial charge is 0.0723 e. The van der Waals surface area contributed by atoms with E-state index in [2.05, 4.69) is 17.4 Å². The predicted octanol–water partition coefficient (Wildman–Crippen LogP) is 2.52. The van der Waals surface area contributed by atoms with Crippen molar-refractivity contribution in [3.05, 3.63) is 48.3 Å². The third-order valence-electron chi connectivity index (χ3n) is 2.86. The Morgan fingerprint density at radius 1 is 1.32 bits per heavy atom. The minimum atomic E-state index is 0.110. The molecule has 5 heteroatoms. The number of thioether (sulfide) groups is 1. The average molecular weight is 276 g/mol. The van der Waals surface area contributed by atoms with Gasteiger partial charge in [0.15, 0.2) is 0 Å². The second-order valence-electron chi connectivity index (χ2n) is 4.30. The van der Waals surface area contributed by atoms with Crippen LogP contribution in [0.15, 0.2) is 42.6 Å². The summed E-state index contributed by atoms with van der Waals surface area (Å²) in [6.45, 7) is 2.19. The molecule has 0 amide bonds. The number of benzene rings is 1. The minimum absolute atomic E-state index is 0.110. The van der Waals surface area contributed by atoms with Crippen molar-refractivity contribution in [2.24, 2.45) is 5.84 Å². The first-order valence-corrected chi connectivity index (χ1v) is 7.65. The normalized spacial score (nSPS) is 12.5. The molecule has 2 rings (SSSR count). The first-order valence-electron chi connectivity index (χ1n) is 6.50. The topological polar surface area (TPSA) is 55.9 Å². The lowest BCUT2D eigenvalue weighted by Gasteiger charge is -2.17. The van der Waals surface area contributed by atoms with Gasteiger partial charge in [-0.15, -0.1) is 0 Å². The highest BCUT2D eigenvalue weighted by Gasteiger charge is 2.15. The Kier molecular flexibility index (Phi) is 5.44. The molecule has 0 saturated heterocycles. The molecule has 0 saturated carbocycles. The van der Waals surface area contributed by atoms with Gasteiger partial charge >= 0.3 is 0 Å². The van der Waals surface area contributed by atoms with Crippen molar-refractivity contribution in [2.75, 3.05) is 11.5 Å². The summed E-state index contributed by atoms with van der Waals surface area (Å²) in [5.41, 5.74) is 5.05. The van der Waals surface area contributed by atoms with E-state index in [1.807, 2.05) is 59.0 Å². The number of para-hydroxylation sites is 1. The SMILES string of the molecule is CCCSCC(NN)c1ccnn1-c1ccccc1. The van der Waals surface area contributed by atoms with Crippen LogP contribution in [0.3, 0.4) is 0 Å². The Labute approximate surface area is 118 Å². The van der Waals surface area contributed by atoms with Crippen molar-refractivity contribution in [1.82, 2.24) is 15.2 Å². The van der Waals surface area contributed by atoms with Crippen LogP contribution in [0.1, 0.15) is 25.1 Å². The van der Waals surface area contributed by atoms with Crippen LogP contribution in [-0.2, 0) is 0 Å². The standard InChI is InChI=1S/C14H20N4S/c1-2-10-19-11-13(17-15)14-8-9-16-18(14)12-6-4-3-5-7-12/h3-9,13,17H,2,10-11,15H2,1H3. The van der Waals surface area contributed by atoms with Gasteiger partial charge in [-0.05, 0) is 30.4 Å². The Morgan fingerprint density at radius 2 is 2.11 bits per heavy atom. The van der Waals surface area contributed by atoms with E-state index in [4.69, 9.17) is 5.84 Å². The molecule has 0 aliphatic heterocycles. The van der Waals surface area contributed by atoms with Crippen LogP contribution in [0.25, 0.3) is 5.69 Å². The number of hydrazine groups is 1. The summed E-state index contributed by atoms with van der Waals surface area (Å²) in [6, 6.07) is 12.2.